The lowest BCUT2D eigenvalue weighted by Crippen LogP contribution is -2.26. The fraction of sp³-hybridized carbons (Fsp3) is 0.235. The molecule has 0 fully saturated rings. The van der Waals surface area contributed by atoms with Crippen LogP contribution in [0.5, 0.6) is 17.2 Å². The molecule has 0 saturated heterocycles. The zero-order valence-electron chi connectivity index (χ0n) is 12.5. The first-order chi connectivity index (χ1) is 10.7. The van der Waals surface area contributed by atoms with Crippen molar-refractivity contribution in [2.45, 2.75) is 6.54 Å². The smallest absolute Gasteiger partial charge is 0.253 e. The van der Waals surface area contributed by atoms with Gasteiger partial charge in [-0.1, -0.05) is 6.07 Å². The van der Waals surface area contributed by atoms with Crippen molar-refractivity contribution in [3.63, 3.8) is 0 Å². The van der Waals surface area contributed by atoms with Crippen LogP contribution in [0.25, 0.3) is 0 Å². The van der Waals surface area contributed by atoms with E-state index in [2.05, 4.69) is 0 Å². The van der Waals surface area contributed by atoms with E-state index in [0.29, 0.717) is 12.1 Å². The maximum absolute atomic E-state index is 12.4. The molecule has 0 aliphatic carbocycles. The molecule has 5 nitrogen and oxygen atoms in total. The molecule has 0 saturated carbocycles. The molecule has 0 atom stereocenters. The van der Waals surface area contributed by atoms with Crippen molar-refractivity contribution in [2.75, 3.05) is 21.0 Å². The van der Waals surface area contributed by atoms with Crippen molar-refractivity contribution < 1.29 is 19.0 Å². The zero-order chi connectivity index (χ0) is 15.5. The number of methoxy groups -OCH3 is 1. The van der Waals surface area contributed by atoms with Crippen molar-refractivity contribution in [1.29, 1.82) is 0 Å². The number of amides is 1. The number of hydrogen-bond donors (Lipinski definition) is 0. The summed E-state index contributed by atoms with van der Waals surface area (Å²) in [7, 11) is 3.37. The topological polar surface area (TPSA) is 48.0 Å². The van der Waals surface area contributed by atoms with Crippen LogP contribution >= 0.6 is 0 Å². The van der Waals surface area contributed by atoms with Crippen molar-refractivity contribution >= 4 is 5.91 Å². The van der Waals surface area contributed by atoms with Gasteiger partial charge in [0.2, 0.25) is 6.79 Å². The van der Waals surface area contributed by atoms with Crippen LogP contribution in [0, 0.1) is 0 Å². The van der Waals surface area contributed by atoms with Gasteiger partial charge < -0.3 is 19.1 Å². The number of nitrogens with zero attached hydrogens (tertiary/aromatic N) is 1. The molecule has 0 spiro atoms. The molecular weight excluding hydrogens is 282 g/mol. The van der Waals surface area contributed by atoms with Gasteiger partial charge in [-0.25, -0.2) is 0 Å². The van der Waals surface area contributed by atoms with Gasteiger partial charge in [0, 0.05) is 19.2 Å². The number of benzene rings is 2. The first kappa shape index (κ1) is 14.3. The molecule has 2 aromatic rings. The number of carbonyl (C=O) groups excluding carboxylic acids is 1. The molecular formula is C17H17NO4. The maximum Gasteiger partial charge on any atom is 0.253 e. The molecule has 0 radical (unpaired) electrons. The van der Waals surface area contributed by atoms with Crippen LogP contribution < -0.4 is 14.2 Å². The van der Waals surface area contributed by atoms with Crippen LogP contribution in [0.15, 0.2) is 42.5 Å². The van der Waals surface area contributed by atoms with Crippen LogP contribution in [-0.4, -0.2) is 31.8 Å². The van der Waals surface area contributed by atoms with Gasteiger partial charge in [0.25, 0.3) is 5.91 Å². The molecule has 0 aromatic heterocycles. The Hall–Kier alpha value is -2.69. The van der Waals surface area contributed by atoms with Crippen molar-refractivity contribution in [1.82, 2.24) is 4.90 Å². The highest BCUT2D eigenvalue weighted by Gasteiger charge is 2.16. The van der Waals surface area contributed by atoms with Gasteiger partial charge in [-0.15, -0.1) is 0 Å². The molecule has 0 N–H and O–H groups in total. The Kier molecular flexibility index (Phi) is 3.87. The van der Waals surface area contributed by atoms with Gasteiger partial charge in [0.15, 0.2) is 11.5 Å². The van der Waals surface area contributed by atoms with Crippen LogP contribution in [0.4, 0.5) is 0 Å². The Morgan fingerprint density at radius 2 is 1.86 bits per heavy atom. The third-order valence-corrected chi connectivity index (χ3v) is 3.54. The van der Waals surface area contributed by atoms with Gasteiger partial charge in [-0.2, -0.15) is 0 Å². The third kappa shape index (κ3) is 2.83. The van der Waals surface area contributed by atoms with Gasteiger partial charge in [-0.3, -0.25) is 4.79 Å². The lowest BCUT2D eigenvalue weighted by atomic mass is 10.1. The van der Waals surface area contributed by atoms with Gasteiger partial charge in [0.05, 0.1) is 7.11 Å². The highest BCUT2D eigenvalue weighted by Crippen LogP contribution is 2.32. The highest BCUT2D eigenvalue weighted by atomic mass is 16.7. The largest absolute Gasteiger partial charge is 0.497 e. The lowest BCUT2D eigenvalue weighted by Gasteiger charge is -2.17. The second kappa shape index (κ2) is 5.97. The Morgan fingerprint density at radius 1 is 1.14 bits per heavy atom. The second-order valence-electron chi connectivity index (χ2n) is 5.08. The summed E-state index contributed by atoms with van der Waals surface area (Å²) in [6.45, 7) is 0.751. The molecule has 2 aromatic carbocycles. The summed E-state index contributed by atoms with van der Waals surface area (Å²) in [5.74, 6) is 2.16. The number of hydrogen-bond acceptors (Lipinski definition) is 4. The van der Waals surface area contributed by atoms with Gasteiger partial charge in [0.1, 0.15) is 5.75 Å². The summed E-state index contributed by atoms with van der Waals surface area (Å²) in [6.07, 6.45) is 0. The summed E-state index contributed by atoms with van der Waals surface area (Å²) in [4.78, 5) is 14.1. The van der Waals surface area contributed by atoms with E-state index in [1.54, 1.807) is 43.3 Å². The van der Waals surface area contributed by atoms with Gasteiger partial charge >= 0.3 is 0 Å². The molecule has 22 heavy (non-hydrogen) atoms. The monoisotopic (exact) mass is 299 g/mol. The predicted molar refractivity (Wildman–Crippen MR) is 81.4 cm³/mol. The molecule has 3 rings (SSSR count). The van der Waals surface area contributed by atoms with E-state index in [9.17, 15) is 4.79 Å². The van der Waals surface area contributed by atoms with E-state index in [-0.39, 0.29) is 12.7 Å². The minimum absolute atomic E-state index is 0.0414. The minimum atomic E-state index is -0.0414. The van der Waals surface area contributed by atoms with E-state index < -0.39 is 0 Å². The molecule has 114 valence electrons. The van der Waals surface area contributed by atoms with Crippen molar-refractivity contribution in [3.05, 3.63) is 53.6 Å². The Bertz CT molecular complexity index is 682. The first-order valence-corrected chi connectivity index (χ1v) is 6.95. The number of rotatable bonds is 4. The molecule has 1 aliphatic heterocycles. The number of ether oxygens (including phenoxy) is 3. The maximum atomic E-state index is 12.4. The SMILES string of the molecule is COc1ccc(C(=O)N(C)Cc2ccc3c(c2)OCO3)cc1. The molecule has 1 aliphatic rings. The van der Waals surface area contributed by atoms with E-state index >= 15 is 0 Å². The highest BCUT2D eigenvalue weighted by molar-refractivity contribution is 5.94. The summed E-state index contributed by atoms with van der Waals surface area (Å²) < 4.78 is 15.7. The Balaban J connectivity index is 1.70. The second-order valence-corrected chi connectivity index (χ2v) is 5.08. The standard InChI is InChI=1S/C17H17NO4/c1-18(17(19)13-4-6-14(20-2)7-5-13)10-12-3-8-15-16(9-12)22-11-21-15/h3-9H,10-11H2,1-2H3. The number of carbonyl (C=O) groups is 1. The Labute approximate surface area is 129 Å². The fourth-order valence-corrected chi connectivity index (χ4v) is 2.34. The van der Waals surface area contributed by atoms with Crippen molar-refractivity contribution in [3.8, 4) is 17.2 Å². The van der Waals surface area contributed by atoms with E-state index in [0.717, 1.165) is 22.8 Å². The third-order valence-electron chi connectivity index (χ3n) is 3.54. The predicted octanol–water partition coefficient (Wildman–Crippen LogP) is 2.70. The zero-order valence-corrected chi connectivity index (χ0v) is 12.5. The Morgan fingerprint density at radius 3 is 2.59 bits per heavy atom. The van der Waals surface area contributed by atoms with E-state index in [1.165, 1.54) is 0 Å². The molecule has 5 heteroatoms. The summed E-state index contributed by atoms with van der Waals surface area (Å²) in [5, 5.41) is 0. The average Bonchev–Trinajstić information content (AvgIpc) is 3.02. The average molecular weight is 299 g/mol. The fourth-order valence-electron chi connectivity index (χ4n) is 2.34. The van der Waals surface area contributed by atoms with Crippen LogP contribution in [-0.2, 0) is 6.54 Å². The molecule has 0 unspecified atom stereocenters. The van der Waals surface area contributed by atoms with E-state index in [4.69, 9.17) is 14.2 Å². The first-order valence-electron chi connectivity index (χ1n) is 6.95. The normalized spacial score (nSPS) is 12.1. The molecule has 1 amide bonds. The minimum Gasteiger partial charge on any atom is -0.497 e. The van der Waals surface area contributed by atoms with Crippen LogP contribution in [0.2, 0.25) is 0 Å². The number of fused-ring (bicyclic) bond motifs is 1. The van der Waals surface area contributed by atoms with Gasteiger partial charge in [-0.05, 0) is 42.0 Å². The molecule has 1 heterocycles. The molecule has 0 bridgehead atoms. The summed E-state index contributed by atoms with van der Waals surface area (Å²) in [6, 6.07) is 12.8. The summed E-state index contributed by atoms with van der Waals surface area (Å²) in [5.41, 5.74) is 1.62. The van der Waals surface area contributed by atoms with Crippen molar-refractivity contribution in [2.24, 2.45) is 0 Å². The van der Waals surface area contributed by atoms with Crippen LogP contribution in [0.3, 0.4) is 0 Å². The summed E-state index contributed by atoms with van der Waals surface area (Å²) >= 11 is 0. The quantitative estimate of drug-likeness (QED) is 0.871. The lowest BCUT2D eigenvalue weighted by molar-refractivity contribution is 0.0785. The van der Waals surface area contributed by atoms with E-state index in [1.807, 2.05) is 18.2 Å². The van der Waals surface area contributed by atoms with Crippen LogP contribution in [0.1, 0.15) is 15.9 Å².